The highest BCUT2D eigenvalue weighted by Crippen LogP contribution is 2.27. The lowest BCUT2D eigenvalue weighted by atomic mass is 10.1. The molecular formula is C17H21ClN6OS. The molecule has 0 aliphatic carbocycles. The van der Waals surface area contributed by atoms with Crippen molar-refractivity contribution in [1.82, 2.24) is 25.3 Å². The largest absolute Gasteiger partial charge is 0.315 e. The zero-order chi connectivity index (χ0) is 17.2. The van der Waals surface area contributed by atoms with Crippen molar-refractivity contribution in [3.05, 3.63) is 41.0 Å². The third-order valence-electron chi connectivity index (χ3n) is 4.31. The van der Waals surface area contributed by atoms with E-state index in [0.717, 1.165) is 36.5 Å². The Labute approximate surface area is 161 Å². The first-order valence-electron chi connectivity index (χ1n) is 8.38. The van der Waals surface area contributed by atoms with Crippen molar-refractivity contribution < 1.29 is 4.79 Å². The van der Waals surface area contributed by atoms with Gasteiger partial charge in [-0.25, -0.2) is 0 Å². The van der Waals surface area contributed by atoms with Crippen LogP contribution in [0.15, 0.2) is 30.5 Å². The van der Waals surface area contributed by atoms with E-state index in [0.29, 0.717) is 17.6 Å². The van der Waals surface area contributed by atoms with E-state index >= 15 is 0 Å². The average Bonchev–Trinajstić information content (AvgIpc) is 3.35. The smallest absolute Gasteiger partial charge is 0.277 e. The van der Waals surface area contributed by atoms with Gasteiger partial charge >= 0.3 is 0 Å². The van der Waals surface area contributed by atoms with Gasteiger partial charge < -0.3 is 10.6 Å². The molecular weight excluding hydrogens is 372 g/mol. The van der Waals surface area contributed by atoms with Crippen LogP contribution in [0, 0.1) is 6.92 Å². The van der Waals surface area contributed by atoms with E-state index in [1.807, 2.05) is 23.0 Å². The van der Waals surface area contributed by atoms with E-state index in [1.54, 1.807) is 17.4 Å². The van der Waals surface area contributed by atoms with Crippen LogP contribution >= 0.6 is 23.7 Å². The zero-order valence-electron chi connectivity index (χ0n) is 14.4. The van der Waals surface area contributed by atoms with Crippen molar-refractivity contribution >= 4 is 35.5 Å². The first kappa shape index (κ1) is 18.6. The number of amides is 1. The number of carbonyl (C=O) groups is 1. The maximum atomic E-state index is 12.4. The van der Waals surface area contributed by atoms with Crippen molar-refractivity contribution in [2.45, 2.75) is 25.8 Å². The Morgan fingerprint density at radius 1 is 1.38 bits per heavy atom. The van der Waals surface area contributed by atoms with Crippen LogP contribution in [0.5, 0.6) is 0 Å². The number of nitrogens with zero attached hydrogens (tertiary/aromatic N) is 3. The van der Waals surface area contributed by atoms with Gasteiger partial charge in [0.15, 0.2) is 11.5 Å². The number of hydrogen-bond donors (Lipinski definition) is 3. The van der Waals surface area contributed by atoms with E-state index in [4.69, 9.17) is 0 Å². The number of piperidine rings is 1. The average molecular weight is 393 g/mol. The molecule has 26 heavy (non-hydrogen) atoms. The number of H-pyrrole nitrogens is 1. The molecule has 3 N–H and O–H groups in total. The predicted octanol–water partition coefficient (Wildman–Crippen LogP) is 3.24. The van der Waals surface area contributed by atoms with Crippen LogP contribution in [0.25, 0.3) is 10.6 Å². The van der Waals surface area contributed by atoms with Crippen molar-refractivity contribution in [3.8, 4) is 10.6 Å². The summed E-state index contributed by atoms with van der Waals surface area (Å²) in [6.07, 6.45) is 4.08. The SMILES string of the molecule is Cc1ccc(-c2cc(NC(=O)c3ccn(C4CCCNC4)n3)n[nH]2)s1.Cl. The normalized spacial score (nSPS) is 16.9. The topological polar surface area (TPSA) is 87.6 Å². The molecule has 3 aromatic heterocycles. The fourth-order valence-electron chi connectivity index (χ4n) is 2.99. The summed E-state index contributed by atoms with van der Waals surface area (Å²) in [6.45, 7) is 4.01. The Morgan fingerprint density at radius 3 is 3.00 bits per heavy atom. The molecule has 1 fully saturated rings. The lowest BCUT2D eigenvalue weighted by Gasteiger charge is -2.22. The number of rotatable bonds is 4. The molecule has 1 amide bonds. The molecule has 1 aliphatic rings. The van der Waals surface area contributed by atoms with Gasteiger partial charge in [0.25, 0.3) is 5.91 Å². The molecule has 0 spiro atoms. The van der Waals surface area contributed by atoms with E-state index in [-0.39, 0.29) is 18.3 Å². The summed E-state index contributed by atoms with van der Waals surface area (Å²) in [5.74, 6) is 0.253. The van der Waals surface area contributed by atoms with Gasteiger partial charge in [0.05, 0.1) is 16.6 Å². The Bertz CT molecular complexity index is 879. The molecule has 9 heteroatoms. The second-order valence-electron chi connectivity index (χ2n) is 6.21. The van der Waals surface area contributed by atoms with Crippen LogP contribution in [0.4, 0.5) is 5.82 Å². The van der Waals surface area contributed by atoms with E-state index in [1.165, 1.54) is 4.88 Å². The molecule has 0 bridgehead atoms. The predicted molar refractivity (Wildman–Crippen MR) is 105 cm³/mol. The van der Waals surface area contributed by atoms with Crippen molar-refractivity contribution in [1.29, 1.82) is 0 Å². The van der Waals surface area contributed by atoms with Crippen LogP contribution in [-0.2, 0) is 0 Å². The maximum absolute atomic E-state index is 12.4. The molecule has 4 rings (SSSR count). The summed E-state index contributed by atoms with van der Waals surface area (Å²) in [5.41, 5.74) is 1.30. The number of nitrogens with one attached hydrogen (secondary N) is 3. The maximum Gasteiger partial charge on any atom is 0.277 e. The monoisotopic (exact) mass is 392 g/mol. The summed E-state index contributed by atoms with van der Waals surface area (Å²) in [6, 6.07) is 8.00. The summed E-state index contributed by atoms with van der Waals surface area (Å²) in [7, 11) is 0. The second kappa shape index (κ2) is 8.03. The minimum atomic E-state index is -0.247. The fourth-order valence-corrected chi connectivity index (χ4v) is 3.83. The van der Waals surface area contributed by atoms with Gasteiger partial charge in [-0.3, -0.25) is 14.6 Å². The first-order valence-corrected chi connectivity index (χ1v) is 9.20. The second-order valence-corrected chi connectivity index (χ2v) is 7.50. The quantitative estimate of drug-likeness (QED) is 0.636. The van der Waals surface area contributed by atoms with Crippen molar-refractivity contribution in [3.63, 3.8) is 0 Å². The molecule has 138 valence electrons. The van der Waals surface area contributed by atoms with Gasteiger partial charge in [-0.2, -0.15) is 10.2 Å². The van der Waals surface area contributed by atoms with E-state index < -0.39 is 0 Å². The Balaban J connectivity index is 0.00000196. The molecule has 7 nitrogen and oxygen atoms in total. The third kappa shape index (κ3) is 3.98. The molecule has 0 saturated carbocycles. The van der Waals surface area contributed by atoms with E-state index in [9.17, 15) is 4.79 Å². The molecule has 0 radical (unpaired) electrons. The standard InChI is InChI=1S/C17H20N6OS.ClH/c1-11-4-5-15(25-11)14-9-16(21-20-14)19-17(24)13-6-8-23(22-13)12-3-2-7-18-10-12;/h4-6,8-9,12,18H,2-3,7,10H2,1H3,(H2,19,20,21,24);1H. The lowest BCUT2D eigenvalue weighted by Crippen LogP contribution is -2.32. The molecule has 1 aliphatic heterocycles. The Hall–Kier alpha value is -2.16. The van der Waals surface area contributed by atoms with Gasteiger partial charge in [0.1, 0.15) is 0 Å². The highest BCUT2D eigenvalue weighted by Gasteiger charge is 2.18. The first-order chi connectivity index (χ1) is 12.2. The van der Waals surface area contributed by atoms with Crippen LogP contribution in [-0.4, -0.2) is 39.0 Å². The third-order valence-corrected chi connectivity index (χ3v) is 5.35. The van der Waals surface area contributed by atoms with Crippen LogP contribution < -0.4 is 10.6 Å². The lowest BCUT2D eigenvalue weighted by molar-refractivity contribution is 0.102. The number of halogens is 1. The van der Waals surface area contributed by atoms with Gasteiger partial charge in [0, 0.05) is 23.7 Å². The molecule has 1 unspecified atom stereocenters. The highest BCUT2D eigenvalue weighted by molar-refractivity contribution is 7.15. The number of carbonyl (C=O) groups excluding carboxylic acids is 1. The van der Waals surface area contributed by atoms with Crippen LogP contribution in [0.1, 0.15) is 34.2 Å². The zero-order valence-corrected chi connectivity index (χ0v) is 16.0. The molecule has 4 heterocycles. The van der Waals surface area contributed by atoms with Gasteiger partial charge in [0.2, 0.25) is 0 Å². The number of hydrogen-bond acceptors (Lipinski definition) is 5. The number of aryl methyl sites for hydroxylation is 1. The van der Waals surface area contributed by atoms with E-state index in [2.05, 4.69) is 38.9 Å². The van der Waals surface area contributed by atoms with Crippen molar-refractivity contribution in [2.75, 3.05) is 18.4 Å². The minimum absolute atomic E-state index is 0. The summed E-state index contributed by atoms with van der Waals surface area (Å²) < 4.78 is 1.88. The highest BCUT2D eigenvalue weighted by atomic mass is 35.5. The number of aromatic nitrogens is 4. The molecule has 1 saturated heterocycles. The number of anilines is 1. The molecule has 3 aromatic rings. The summed E-state index contributed by atoms with van der Waals surface area (Å²) in [5, 5.41) is 17.7. The van der Waals surface area contributed by atoms with Gasteiger partial charge in [-0.15, -0.1) is 23.7 Å². The number of aromatic amines is 1. The van der Waals surface area contributed by atoms with Gasteiger partial charge in [-0.1, -0.05) is 0 Å². The molecule has 1 atom stereocenters. The van der Waals surface area contributed by atoms with Crippen LogP contribution in [0.3, 0.4) is 0 Å². The molecule has 0 aromatic carbocycles. The fraction of sp³-hybridized carbons (Fsp3) is 0.353. The van der Waals surface area contributed by atoms with Crippen molar-refractivity contribution in [2.24, 2.45) is 0 Å². The van der Waals surface area contributed by atoms with Crippen LogP contribution in [0.2, 0.25) is 0 Å². The summed E-state index contributed by atoms with van der Waals surface area (Å²) >= 11 is 1.68. The Kier molecular flexibility index (Phi) is 5.75. The van der Waals surface area contributed by atoms with Gasteiger partial charge in [-0.05, 0) is 44.5 Å². The number of thiophene rings is 1. The minimum Gasteiger partial charge on any atom is -0.315 e. The summed E-state index contributed by atoms with van der Waals surface area (Å²) in [4.78, 5) is 14.7. The Morgan fingerprint density at radius 2 is 2.27 bits per heavy atom.